The largest absolute Gasteiger partial charge is 0.463 e. The van der Waals surface area contributed by atoms with Crippen molar-refractivity contribution in [1.29, 1.82) is 0 Å². The van der Waals surface area contributed by atoms with E-state index in [0.717, 1.165) is 16.7 Å². The number of ether oxygens (including phenoxy) is 2. The first-order valence-corrected chi connectivity index (χ1v) is 9.19. The first-order valence-electron chi connectivity index (χ1n) is 9.19. The number of methoxy groups -OCH3 is 1. The average molecular weight is 376 g/mol. The summed E-state index contributed by atoms with van der Waals surface area (Å²) in [5.41, 5.74) is 1.84. The number of fused-ring (bicyclic) bond motifs is 1. The minimum absolute atomic E-state index is 0.168. The predicted molar refractivity (Wildman–Crippen MR) is 102 cm³/mol. The number of esters is 2. The Morgan fingerprint density at radius 1 is 1.11 bits per heavy atom. The molecule has 4 rings (SSSR count). The van der Waals surface area contributed by atoms with Crippen LogP contribution in [0.15, 0.2) is 60.4 Å². The van der Waals surface area contributed by atoms with Crippen molar-refractivity contribution in [3.63, 3.8) is 0 Å². The third kappa shape index (κ3) is 2.58. The van der Waals surface area contributed by atoms with Gasteiger partial charge in [0.1, 0.15) is 5.41 Å². The molecule has 0 saturated heterocycles. The van der Waals surface area contributed by atoms with Gasteiger partial charge in [-0.2, -0.15) is 0 Å². The number of benzene rings is 2. The molecule has 0 bridgehead atoms. The van der Waals surface area contributed by atoms with Crippen LogP contribution < -0.4 is 0 Å². The summed E-state index contributed by atoms with van der Waals surface area (Å²) < 4.78 is 10.1. The van der Waals surface area contributed by atoms with Gasteiger partial charge in [-0.1, -0.05) is 48.5 Å². The number of hydrogen-bond donors (Lipinski definition) is 0. The molecule has 0 saturated carbocycles. The summed E-state index contributed by atoms with van der Waals surface area (Å²) in [7, 11) is 1.23. The highest BCUT2D eigenvalue weighted by molar-refractivity contribution is 6.16. The van der Waals surface area contributed by atoms with Gasteiger partial charge in [-0.25, -0.2) is 4.79 Å². The van der Waals surface area contributed by atoms with Gasteiger partial charge in [0, 0.05) is 11.5 Å². The second-order valence-electron chi connectivity index (χ2n) is 7.20. The summed E-state index contributed by atoms with van der Waals surface area (Å²) in [6.45, 7) is 1.93. The second kappa shape index (κ2) is 6.75. The van der Waals surface area contributed by atoms with E-state index in [2.05, 4.69) is 0 Å². The van der Waals surface area contributed by atoms with Gasteiger partial charge in [-0.15, -0.1) is 0 Å². The van der Waals surface area contributed by atoms with E-state index in [-0.39, 0.29) is 11.5 Å². The normalized spacial score (nSPS) is 23.6. The summed E-state index contributed by atoms with van der Waals surface area (Å²) in [6.07, 6.45) is 2.48. The molecular formula is C23H20O5. The highest BCUT2D eigenvalue weighted by atomic mass is 16.6. The Bertz CT molecular complexity index is 1020. The zero-order chi connectivity index (χ0) is 19.9. The Balaban J connectivity index is 1.94. The van der Waals surface area contributed by atoms with E-state index >= 15 is 0 Å². The highest BCUT2D eigenvalue weighted by Gasteiger charge is 2.58. The molecule has 2 aliphatic rings. The molecule has 1 heterocycles. The first kappa shape index (κ1) is 18.2. The Kier molecular flexibility index (Phi) is 4.38. The zero-order valence-electron chi connectivity index (χ0n) is 15.7. The van der Waals surface area contributed by atoms with Crippen LogP contribution in [0.5, 0.6) is 0 Å². The number of hydrogen-bond acceptors (Lipinski definition) is 5. The van der Waals surface area contributed by atoms with Crippen molar-refractivity contribution in [3.05, 3.63) is 82.6 Å². The van der Waals surface area contributed by atoms with Crippen LogP contribution >= 0.6 is 0 Å². The molecule has 2 aromatic carbocycles. The van der Waals surface area contributed by atoms with Crippen molar-refractivity contribution in [2.24, 2.45) is 5.41 Å². The van der Waals surface area contributed by atoms with Gasteiger partial charge in [0.2, 0.25) is 5.76 Å². The summed E-state index contributed by atoms with van der Waals surface area (Å²) in [4.78, 5) is 38.9. The highest BCUT2D eigenvalue weighted by Crippen LogP contribution is 2.51. The molecule has 1 aliphatic heterocycles. The van der Waals surface area contributed by atoms with Crippen molar-refractivity contribution in [2.75, 3.05) is 7.11 Å². The molecule has 0 radical (unpaired) electrons. The lowest BCUT2D eigenvalue weighted by molar-refractivity contribution is -0.158. The lowest BCUT2D eigenvalue weighted by atomic mass is 9.60. The standard InChI is InChI=1S/C23H20O5/c1-14-7-3-5-9-16(14)18-13-19(21(25)27-2)28-22(26)23(18)12-11-15-8-4-6-10-17(15)20(23)24/h3-10,13,18H,11-12H2,1-2H3/t18-,23+/m1/s1. The van der Waals surface area contributed by atoms with Crippen LogP contribution in [0.2, 0.25) is 0 Å². The maximum Gasteiger partial charge on any atom is 0.373 e. The lowest BCUT2D eigenvalue weighted by Gasteiger charge is -2.42. The van der Waals surface area contributed by atoms with Gasteiger partial charge in [0.25, 0.3) is 0 Å². The van der Waals surface area contributed by atoms with Crippen LogP contribution in [0, 0.1) is 12.3 Å². The number of cyclic esters (lactones) is 1. The molecule has 0 unspecified atom stereocenters. The van der Waals surface area contributed by atoms with Crippen molar-refractivity contribution >= 4 is 17.7 Å². The lowest BCUT2D eigenvalue weighted by Crippen LogP contribution is -2.50. The number of aryl methyl sites for hydroxylation is 2. The smallest absolute Gasteiger partial charge is 0.373 e. The average Bonchev–Trinajstić information content (AvgIpc) is 2.72. The number of Topliss-reactive ketones (excluding diaryl/α,β-unsaturated/α-hetero) is 1. The summed E-state index contributed by atoms with van der Waals surface area (Å²) in [5.74, 6) is -2.45. The van der Waals surface area contributed by atoms with Crippen molar-refractivity contribution in [2.45, 2.75) is 25.7 Å². The topological polar surface area (TPSA) is 69.7 Å². The number of rotatable bonds is 2. The quantitative estimate of drug-likeness (QED) is 0.593. The van der Waals surface area contributed by atoms with Crippen LogP contribution in [0.3, 0.4) is 0 Å². The first-order chi connectivity index (χ1) is 13.5. The van der Waals surface area contributed by atoms with Gasteiger partial charge in [-0.05, 0) is 42.5 Å². The van der Waals surface area contributed by atoms with Gasteiger partial charge in [0.05, 0.1) is 7.11 Å². The predicted octanol–water partition coefficient (Wildman–Crippen LogP) is 3.51. The van der Waals surface area contributed by atoms with E-state index in [0.29, 0.717) is 18.4 Å². The Morgan fingerprint density at radius 2 is 1.82 bits per heavy atom. The molecule has 5 heteroatoms. The third-order valence-electron chi connectivity index (χ3n) is 5.78. The fourth-order valence-electron chi connectivity index (χ4n) is 4.28. The number of carbonyl (C=O) groups excluding carboxylic acids is 3. The molecular weight excluding hydrogens is 356 g/mol. The monoisotopic (exact) mass is 376 g/mol. The van der Waals surface area contributed by atoms with Gasteiger partial charge in [-0.3, -0.25) is 9.59 Å². The maximum atomic E-state index is 13.6. The zero-order valence-corrected chi connectivity index (χ0v) is 15.7. The van der Waals surface area contributed by atoms with E-state index in [1.54, 1.807) is 18.2 Å². The molecule has 28 heavy (non-hydrogen) atoms. The molecule has 5 nitrogen and oxygen atoms in total. The summed E-state index contributed by atoms with van der Waals surface area (Å²) in [6, 6.07) is 14.9. The van der Waals surface area contributed by atoms with Crippen molar-refractivity contribution < 1.29 is 23.9 Å². The summed E-state index contributed by atoms with van der Waals surface area (Å²) in [5, 5.41) is 0. The number of carbonyl (C=O) groups is 3. The fraction of sp³-hybridized carbons (Fsp3) is 0.261. The second-order valence-corrected chi connectivity index (χ2v) is 7.20. The van der Waals surface area contributed by atoms with Gasteiger partial charge in [0.15, 0.2) is 5.78 Å². The molecule has 2 aromatic rings. The van der Waals surface area contributed by atoms with Gasteiger partial charge >= 0.3 is 11.9 Å². The van der Waals surface area contributed by atoms with Crippen LogP contribution in [-0.2, 0) is 25.5 Å². The Morgan fingerprint density at radius 3 is 2.57 bits per heavy atom. The Hall–Kier alpha value is -3.21. The van der Waals surface area contributed by atoms with E-state index in [4.69, 9.17) is 9.47 Å². The van der Waals surface area contributed by atoms with E-state index in [1.807, 2.05) is 43.3 Å². The van der Waals surface area contributed by atoms with Crippen LogP contribution in [0.4, 0.5) is 0 Å². The van der Waals surface area contributed by atoms with Crippen molar-refractivity contribution in [1.82, 2.24) is 0 Å². The minimum Gasteiger partial charge on any atom is -0.463 e. The molecule has 142 valence electrons. The molecule has 0 amide bonds. The van der Waals surface area contributed by atoms with Gasteiger partial charge < -0.3 is 9.47 Å². The third-order valence-corrected chi connectivity index (χ3v) is 5.78. The van der Waals surface area contributed by atoms with E-state index in [1.165, 1.54) is 7.11 Å². The molecule has 2 atom stereocenters. The Labute approximate surface area is 163 Å². The summed E-state index contributed by atoms with van der Waals surface area (Å²) >= 11 is 0. The molecule has 0 N–H and O–H groups in total. The minimum atomic E-state index is -1.39. The molecule has 0 fully saturated rings. The van der Waals surface area contributed by atoms with Crippen LogP contribution in [0.25, 0.3) is 0 Å². The van der Waals surface area contributed by atoms with Crippen LogP contribution in [-0.4, -0.2) is 24.8 Å². The number of ketones is 1. The van der Waals surface area contributed by atoms with Crippen LogP contribution in [0.1, 0.15) is 39.4 Å². The van der Waals surface area contributed by atoms with E-state index in [9.17, 15) is 14.4 Å². The molecule has 0 aromatic heterocycles. The van der Waals surface area contributed by atoms with E-state index < -0.39 is 23.3 Å². The SMILES string of the molecule is COC(=O)C1=C[C@H](c2ccccc2C)[C@]2(CCc3ccccc3C2=O)C(=O)O1. The molecule has 1 aliphatic carbocycles. The van der Waals surface area contributed by atoms with Crippen molar-refractivity contribution in [3.8, 4) is 0 Å². The number of allylic oxidation sites excluding steroid dienone is 1. The molecule has 1 spiro atoms. The maximum absolute atomic E-state index is 13.6. The fourth-order valence-corrected chi connectivity index (χ4v) is 4.28.